The van der Waals surface area contributed by atoms with Crippen LogP contribution in [-0.2, 0) is 6.42 Å². The van der Waals surface area contributed by atoms with Crippen molar-refractivity contribution in [2.75, 3.05) is 16.4 Å². The van der Waals surface area contributed by atoms with Crippen LogP contribution in [0.1, 0.15) is 49.3 Å². The Morgan fingerprint density at radius 3 is 2.69 bits per heavy atom. The molecule has 1 aromatic carbocycles. The number of pyridine rings is 2. The van der Waals surface area contributed by atoms with Gasteiger partial charge in [-0.2, -0.15) is 0 Å². The third kappa shape index (κ3) is 6.11. The van der Waals surface area contributed by atoms with Crippen molar-refractivity contribution in [1.82, 2.24) is 9.97 Å². The zero-order valence-electron chi connectivity index (χ0n) is 21.3. The van der Waals surface area contributed by atoms with Gasteiger partial charge in [0.2, 0.25) is 0 Å². The molecule has 1 aliphatic carbocycles. The second-order valence-corrected chi connectivity index (χ2v) is 9.24. The smallest absolute Gasteiger partial charge is 0.133 e. The normalized spacial score (nSPS) is 12.3. The zero-order chi connectivity index (χ0) is 25.5. The summed E-state index contributed by atoms with van der Waals surface area (Å²) in [6, 6.07) is 10.2. The average molecular weight is 478 g/mol. The Hall–Kier alpha value is -4.12. The average Bonchev–Trinajstić information content (AvgIpc) is 3.40. The Morgan fingerprint density at radius 2 is 1.92 bits per heavy atom. The van der Waals surface area contributed by atoms with Gasteiger partial charge in [-0.05, 0) is 78.3 Å². The molecule has 3 aromatic rings. The summed E-state index contributed by atoms with van der Waals surface area (Å²) in [5, 5.41) is 6.79. The molecule has 0 fully saturated rings. The summed E-state index contributed by atoms with van der Waals surface area (Å²) in [5.41, 5.74) is 16.5. The summed E-state index contributed by atoms with van der Waals surface area (Å²) in [6.07, 6.45) is 16.9. The Kier molecular flexibility index (Phi) is 8.01. The molecule has 184 valence electrons. The van der Waals surface area contributed by atoms with Crippen LogP contribution in [-0.4, -0.2) is 9.97 Å². The first-order valence-electron chi connectivity index (χ1n) is 12.5. The maximum absolute atomic E-state index is 6.35. The second-order valence-electron chi connectivity index (χ2n) is 9.24. The molecular weight excluding hydrogens is 442 g/mol. The molecule has 0 saturated carbocycles. The molecule has 2 heterocycles. The maximum atomic E-state index is 6.35. The van der Waals surface area contributed by atoms with Crippen molar-refractivity contribution in [3.05, 3.63) is 108 Å². The van der Waals surface area contributed by atoms with Crippen molar-refractivity contribution in [3.63, 3.8) is 0 Å². The van der Waals surface area contributed by atoms with E-state index in [0.29, 0.717) is 6.42 Å². The lowest BCUT2D eigenvalue weighted by atomic mass is 10.00. The Labute approximate surface area is 214 Å². The van der Waals surface area contributed by atoms with Gasteiger partial charge in [-0.25, -0.2) is 4.98 Å². The lowest BCUT2D eigenvalue weighted by Crippen LogP contribution is -2.07. The van der Waals surface area contributed by atoms with E-state index in [1.54, 1.807) is 0 Å². The molecule has 4 N–H and O–H groups in total. The van der Waals surface area contributed by atoms with Crippen LogP contribution < -0.4 is 16.4 Å². The van der Waals surface area contributed by atoms with Gasteiger partial charge in [0, 0.05) is 41.5 Å². The molecule has 0 radical (unpaired) electrons. The SMILES string of the molecule is C=C(CCCC)Nc1cncc(-c2ccc(N)c(CC(=C)Nc3nccc(C4=CCC=C4)c3C)c2)c1. The minimum atomic E-state index is 0.590. The topological polar surface area (TPSA) is 75.9 Å². The van der Waals surface area contributed by atoms with Crippen LogP contribution >= 0.6 is 0 Å². The van der Waals surface area contributed by atoms with Gasteiger partial charge < -0.3 is 16.4 Å². The van der Waals surface area contributed by atoms with Crippen molar-refractivity contribution >= 4 is 22.8 Å². The van der Waals surface area contributed by atoms with Gasteiger partial charge in [0.1, 0.15) is 5.82 Å². The first-order chi connectivity index (χ1) is 17.4. The van der Waals surface area contributed by atoms with Crippen LogP contribution in [0.2, 0.25) is 0 Å². The summed E-state index contributed by atoms with van der Waals surface area (Å²) in [4.78, 5) is 8.99. The lowest BCUT2D eigenvalue weighted by molar-refractivity contribution is 0.791. The predicted molar refractivity (Wildman–Crippen MR) is 154 cm³/mol. The number of hydrogen-bond donors (Lipinski definition) is 3. The molecule has 36 heavy (non-hydrogen) atoms. The van der Waals surface area contributed by atoms with E-state index >= 15 is 0 Å². The highest BCUT2D eigenvalue weighted by Crippen LogP contribution is 2.30. The Morgan fingerprint density at radius 1 is 1.06 bits per heavy atom. The van der Waals surface area contributed by atoms with E-state index in [4.69, 9.17) is 5.73 Å². The number of nitrogens with two attached hydrogens (primary N) is 1. The minimum Gasteiger partial charge on any atom is -0.398 e. The monoisotopic (exact) mass is 477 g/mol. The van der Waals surface area contributed by atoms with E-state index in [0.717, 1.165) is 76.5 Å². The number of unbranched alkanes of at least 4 members (excludes halogenated alkanes) is 1. The molecule has 0 aliphatic heterocycles. The summed E-state index contributed by atoms with van der Waals surface area (Å²) < 4.78 is 0. The fraction of sp³-hybridized carbons (Fsp3) is 0.226. The number of benzene rings is 1. The number of aromatic nitrogens is 2. The van der Waals surface area contributed by atoms with Crippen molar-refractivity contribution in [2.45, 2.75) is 46.0 Å². The Bertz CT molecular complexity index is 1330. The summed E-state index contributed by atoms with van der Waals surface area (Å²) in [5.74, 6) is 0.819. The number of allylic oxidation sites excluding steroid dienone is 6. The quantitative estimate of drug-likeness (QED) is 0.247. The highest BCUT2D eigenvalue weighted by molar-refractivity contribution is 5.80. The first-order valence-corrected chi connectivity index (χ1v) is 12.5. The van der Waals surface area contributed by atoms with Gasteiger partial charge in [-0.3, -0.25) is 4.98 Å². The fourth-order valence-electron chi connectivity index (χ4n) is 4.34. The number of nitrogens with zero attached hydrogens (tertiary/aromatic N) is 2. The van der Waals surface area contributed by atoms with Crippen molar-refractivity contribution in [2.24, 2.45) is 0 Å². The van der Waals surface area contributed by atoms with Crippen LogP contribution in [0.5, 0.6) is 0 Å². The molecule has 1 aliphatic rings. The number of hydrogen-bond acceptors (Lipinski definition) is 5. The third-order valence-corrected chi connectivity index (χ3v) is 6.35. The van der Waals surface area contributed by atoms with E-state index in [-0.39, 0.29) is 0 Å². The largest absolute Gasteiger partial charge is 0.398 e. The summed E-state index contributed by atoms with van der Waals surface area (Å²) >= 11 is 0. The molecule has 0 unspecified atom stereocenters. The van der Waals surface area contributed by atoms with E-state index in [2.05, 4.69) is 84.0 Å². The van der Waals surface area contributed by atoms with Gasteiger partial charge in [-0.15, -0.1) is 0 Å². The molecule has 2 aromatic heterocycles. The van der Waals surface area contributed by atoms with E-state index < -0.39 is 0 Å². The molecule has 5 nitrogen and oxygen atoms in total. The van der Waals surface area contributed by atoms with Gasteiger partial charge >= 0.3 is 0 Å². The number of rotatable bonds is 11. The van der Waals surface area contributed by atoms with Gasteiger partial charge in [-0.1, -0.05) is 50.8 Å². The lowest BCUT2D eigenvalue weighted by Gasteiger charge is -2.16. The first kappa shape index (κ1) is 25.0. The fourth-order valence-corrected chi connectivity index (χ4v) is 4.34. The number of anilines is 3. The Balaban J connectivity index is 1.48. The van der Waals surface area contributed by atoms with Crippen molar-refractivity contribution in [1.29, 1.82) is 0 Å². The van der Waals surface area contributed by atoms with Crippen molar-refractivity contribution in [3.8, 4) is 11.1 Å². The molecule has 0 amide bonds. The standard InChI is InChI=1S/C31H35N5/c1-5-6-9-21(2)35-28-18-27(19-33-20-28)25-12-13-30(32)26(17-25)16-22(3)36-31-23(4)29(14-15-34-31)24-10-7-8-11-24/h7,10-15,17-20,35H,2-3,5-6,8-9,16,32H2,1,4H3,(H,34,36). The van der Waals surface area contributed by atoms with Gasteiger partial charge in [0.05, 0.1) is 11.9 Å². The van der Waals surface area contributed by atoms with E-state index in [1.165, 1.54) is 11.1 Å². The van der Waals surface area contributed by atoms with E-state index in [9.17, 15) is 0 Å². The molecule has 0 bridgehead atoms. The van der Waals surface area contributed by atoms with Crippen LogP contribution in [0.15, 0.2) is 91.7 Å². The van der Waals surface area contributed by atoms with E-state index in [1.807, 2.05) is 30.7 Å². The number of nitrogens with one attached hydrogen (secondary N) is 2. The van der Waals surface area contributed by atoms with Crippen LogP contribution in [0.25, 0.3) is 16.7 Å². The molecule has 0 saturated heterocycles. The highest BCUT2D eigenvalue weighted by atomic mass is 15.0. The molecular formula is C31H35N5. The van der Waals surface area contributed by atoms with Crippen molar-refractivity contribution < 1.29 is 0 Å². The molecule has 4 rings (SSSR count). The van der Waals surface area contributed by atoms with Crippen LogP contribution in [0.3, 0.4) is 0 Å². The second kappa shape index (κ2) is 11.5. The molecule has 0 atom stereocenters. The number of nitrogen functional groups attached to an aromatic ring is 1. The molecule has 5 heteroatoms. The zero-order valence-corrected chi connectivity index (χ0v) is 21.3. The molecule has 0 spiro atoms. The summed E-state index contributed by atoms with van der Waals surface area (Å²) in [6.45, 7) is 12.7. The van der Waals surface area contributed by atoms with Gasteiger partial charge in [0.25, 0.3) is 0 Å². The van der Waals surface area contributed by atoms with Crippen LogP contribution in [0, 0.1) is 6.92 Å². The predicted octanol–water partition coefficient (Wildman–Crippen LogP) is 7.66. The highest BCUT2D eigenvalue weighted by Gasteiger charge is 2.12. The minimum absolute atomic E-state index is 0.590. The summed E-state index contributed by atoms with van der Waals surface area (Å²) in [7, 11) is 0. The maximum Gasteiger partial charge on any atom is 0.133 e. The van der Waals surface area contributed by atoms with Gasteiger partial charge in [0.15, 0.2) is 0 Å². The third-order valence-electron chi connectivity index (χ3n) is 6.35. The van der Waals surface area contributed by atoms with Crippen LogP contribution in [0.4, 0.5) is 17.2 Å².